The fourth-order valence-electron chi connectivity index (χ4n) is 2.89. The third-order valence-corrected chi connectivity index (χ3v) is 4.72. The summed E-state index contributed by atoms with van der Waals surface area (Å²) in [6.07, 6.45) is 24.8. The van der Waals surface area contributed by atoms with Crippen LogP contribution in [0.4, 0.5) is 0 Å². The quantitative estimate of drug-likeness (QED) is 0.251. The third-order valence-electron chi connectivity index (χ3n) is 4.72. The second kappa shape index (κ2) is 18.0. The Labute approximate surface area is 146 Å². The second-order valence-corrected chi connectivity index (χ2v) is 7.25. The number of allylic oxidation sites excluding steroid dienone is 2. The molecule has 0 spiro atoms. The highest BCUT2D eigenvalue weighted by atomic mass is 14.8. The smallest absolute Gasteiger partial charge is 0.0189 e. The van der Waals surface area contributed by atoms with E-state index in [1.165, 1.54) is 89.9 Å². The minimum absolute atomic E-state index is 0.137. The summed E-state index contributed by atoms with van der Waals surface area (Å²) >= 11 is 0. The molecule has 0 aliphatic carbocycles. The molecule has 0 aliphatic heterocycles. The lowest BCUT2D eigenvalue weighted by Gasteiger charge is -2.14. The zero-order valence-electron chi connectivity index (χ0n) is 16.1. The normalized spacial score (nSPS) is 14.4. The minimum atomic E-state index is 0.137. The Balaban J connectivity index is 3.13. The Morgan fingerprint density at radius 2 is 1.09 bits per heavy atom. The third kappa shape index (κ3) is 17.8. The van der Waals surface area contributed by atoms with Crippen LogP contribution in [0, 0.1) is 0 Å². The second-order valence-electron chi connectivity index (χ2n) is 7.25. The molecule has 2 atom stereocenters. The van der Waals surface area contributed by atoms with Crippen molar-refractivity contribution in [3.63, 3.8) is 0 Å². The molecule has 0 aromatic rings. The van der Waals surface area contributed by atoms with E-state index in [1.54, 1.807) is 0 Å². The van der Waals surface area contributed by atoms with Crippen LogP contribution in [0.2, 0.25) is 0 Å². The van der Waals surface area contributed by atoms with Crippen molar-refractivity contribution >= 4 is 0 Å². The molecule has 0 amide bonds. The van der Waals surface area contributed by atoms with Crippen LogP contribution in [0.15, 0.2) is 12.2 Å². The largest absolute Gasteiger partial charge is 0.327 e. The highest BCUT2D eigenvalue weighted by Crippen LogP contribution is 2.11. The van der Waals surface area contributed by atoms with Crippen LogP contribution in [-0.2, 0) is 0 Å². The van der Waals surface area contributed by atoms with E-state index in [-0.39, 0.29) is 12.1 Å². The predicted octanol–water partition coefficient (Wildman–Crippen LogP) is 6.09. The molecular formula is C21H44N2. The van der Waals surface area contributed by atoms with Crippen molar-refractivity contribution in [1.82, 2.24) is 0 Å². The van der Waals surface area contributed by atoms with Crippen LogP contribution >= 0.6 is 0 Å². The molecule has 0 saturated carbocycles. The van der Waals surface area contributed by atoms with Crippen molar-refractivity contribution in [2.75, 3.05) is 0 Å². The molecule has 138 valence electrons. The Morgan fingerprint density at radius 3 is 1.57 bits per heavy atom. The number of rotatable bonds is 17. The molecule has 0 aromatic heterocycles. The Hall–Kier alpha value is -0.340. The predicted molar refractivity (Wildman–Crippen MR) is 106 cm³/mol. The molecule has 0 bridgehead atoms. The monoisotopic (exact) mass is 324 g/mol. The molecule has 0 heterocycles. The molecule has 23 heavy (non-hydrogen) atoms. The van der Waals surface area contributed by atoms with Gasteiger partial charge >= 0.3 is 0 Å². The molecule has 0 rings (SSSR count). The van der Waals surface area contributed by atoms with Crippen LogP contribution < -0.4 is 11.5 Å². The number of unbranched alkanes of at least 4 members (excludes halogenated alkanes) is 12. The maximum absolute atomic E-state index is 5.94. The molecule has 2 heteroatoms. The first-order chi connectivity index (χ1) is 11.2. The van der Waals surface area contributed by atoms with E-state index < -0.39 is 0 Å². The van der Waals surface area contributed by atoms with Crippen LogP contribution in [0.1, 0.15) is 110 Å². The van der Waals surface area contributed by atoms with Gasteiger partial charge < -0.3 is 11.5 Å². The highest BCUT2D eigenvalue weighted by Gasteiger charge is 2.06. The summed E-state index contributed by atoms with van der Waals surface area (Å²) < 4.78 is 0. The fraction of sp³-hybridized carbons (Fsp3) is 0.905. The van der Waals surface area contributed by atoms with Gasteiger partial charge in [0.1, 0.15) is 0 Å². The van der Waals surface area contributed by atoms with Crippen LogP contribution in [0.3, 0.4) is 0 Å². The van der Waals surface area contributed by atoms with E-state index in [0.717, 1.165) is 6.42 Å². The summed E-state index contributed by atoms with van der Waals surface area (Å²) in [5, 5.41) is 0. The van der Waals surface area contributed by atoms with Gasteiger partial charge in [-0.3, -0.25) is 0 Å². The number of hydrogen-bond acceptors (Lipinski definition) is 2. The van der Waals surface area contributed by atoms with Gasteiger partial charge in [0.25, 0.3) is 0 Å². The SMILES string of the molecule is CCCCCCCC/C=C\CCCCCCCCC(N)C(C)N. The van der Waals surface area contributed by atoms with Crippen LogP contribution in [0.25, 0.3) is 0 Å². The molecular weight excluding hydrogens is 280 g/mol. The average molecular weight is 325 g/mol. The van der Waals surface area contributed by atoms with E-state index in [0.29, 0.717) is 0 Å². The Kier molecular flexibility index (Phi) is 17.7. The lowest BCUT2D eigenvalue weighted by molar-refractivity contribution is 0.484. The summed E-state index contributed by atoms with van der Waals surface area (Å²) in [6.45, 7) is 4.28. The molecule has 0 aliphatic rings. The van der Waals surface area contributed by atoms with Crippen molar-refractivity contribution in [3.8, 4) is 0 Å². The van der Waals surface area contributed by atoms with Crippen molar-refractivity contribution in [2.45, 2.75) is 122 Å². The molecule has 0 radical (unpaired) electrons. The van der Waals surface area contributed by atoms with Gasteiger partial charge in [-0.15, -0.1) is 0 Å². The van der Waals surface area contributed by atoms with Crippen molar-refractivity contribution in [1.29, 1.82) is 0 Å². The summed E-state index contributed by atoms with van der Waals surface area (Å²) in [5.74, 6) is 0. The van der Waals surface area contributed by atoms with E-state index in [1.807, 2.05) is 6.92 Å². The van der Waals surface area contributed by atoms with Gasteiger partial charge in [0.2, 0.25) is 0 Å². The van der Waals surface area contributed by atoms with Crippen LogP contribution in [0.5, 0.6) is 0 Å². The highest BCUT2D eigenvalue weighted by molar-refractivity contribution is 4.81. The minimum Gasteiger partial charge on any atom is -0.327 e. The summed E-state index contributed by atoms with van der Waals surface area (Å²) in [5.41, 5.74) is 11.7. The van der Waals surface area contributed by atoms with Crippen molar-refractivity contribution in [2.24, 2.45) is 11.5 Å². The lowest BCUT2D eigenvalue weighted by atomic mass is 10.0. The van der Waals surface area contributed by atoms with E-state index in [4.69, 9.17) is 11.5 Å². The Morgan fingerprint density at radius 1 is 0.652 bits per heavy atom. The number of hydrogen-bond donors (Lipinski definition) is 2. The van der Waals surface area contributed by atoms with Gasteiger partial charge in [-0.2, -0.15) is 0 Å². The Bertz CT molecular complexity index is 248. The lowest BCUT2D eigenvalue weighted by Crippen LogP contribution is -2.38. The average Bonchev–Trinajstić information content (AvgIpc) is 2.54. The molecule has 2 unspecified atom stereocenters. The first-order valence-corrected chi connectivity index (χ1v) is 10.3. The van der Waals surface area contributed by atoms with Gasteiger partial charge in [-0.1, -0.05) is 83.3 Å². The molecule has 0 saturated heterocycles. The molecule has 0 aromatic carbocycles. The fourth-order valence-corrected chi connectivity index (χ4v) is 2.89. The first-order valence-electron chi connectivity index (χ1n) is 10.3. The van der Waals surface area contributed by atoms with Gasteiger partial charge in [0.15, 0.2) is 0 Å². The van der Waals surface area contributed by atoms with Gasteiger partial charge in [0, 0.05) is 12.1 Å². The molecule has 0 fully saturated rings. The summed E-state index contributed by atoms with van der Waals surface area (Å²) in [4.78, 5) is 0. The zero-order chi connectivity index (χ0) is 17.2. The topological polar surface area (TPSA) is 52.0 Å². The van der Waals surface area contributed by atoms with E-state index in [2.05, 4.69) is 19.1 Å². The standard InChI is InChI=1S/C21H44N2/c1-3-4-5-6-7-8-9-10-11-12-13-14-15-16-17-18-19-21(23)20(2)22/h10-11,20-21H,3-9,12-19,22-23H2,1-2H3/b11-10-. The number of nitrogens with two attached hydrogens (primary N) is 2. The maximum Gasteiger partial charge on any atom is 0.0189 e. The zero-order valence-corrected chi connectivity index (χ0v) is 16.1. The van der Waals surface area contributed by atoms with E-state index in [9.17, 15) is 0 Å². The van der Waals surface area contributed by atoms with Gasteiger partial charge in [-0.25, -0.2) is 0 Å². The van der Waals surface area contributed by atoms with Gasteiger partial charge in [-0.05, 0) is 39.0 Å². The maximum atomic E-state index is 5.94. The van der Waals surface area contributed by atoms with Crippen molar-refractivity contribution < 1.29 is 0 Å². The summed E-state index contributed by atoms with van der Waals surface area (Å²) in [7, 11) is 0. The molecule has 2 nitrogen and oxygen atoms in total. The first kappa shape index (κ1) is 22.7. The van der Waals surface area contributed by atoms with E-state index >= 15 is 0 Å². The van der Waals surface area contributed by atoms with Crippen molar-refractivity contribution in [3.05, 3.63) is 12.2 Å². The van der Waals surface area contributed by atoms with Gasteiger partial charge in [0.05, 0.1) is 0 Å². The molecule has 4 N–H and O–H groups in total. The van der Waals surface area contributed by atoms with Crippen LogP contribution in [-0.4, -0.2) is 12.1 Å². The summed E-state index contributed by atoms with van der Waals surface area (Å²) in [6, 6.07) is 0.324.